The third kappa shape index (κ3) is 5.31. The molecule has 0 aliphatic heterocycles. The van der Waals surface area contributed by atoms with E-state index in [1.807, 2.05) is 10.2 Å². The van der Waals surface area contributed by atoms with E-state index in [0.29, 0.717) is 0 Å². The molecule has 0 aliphatic carbocycles. The van der Waals surface area contributed by atoms with Crippen molar-refractivity contribution in [2.75, 3.05) is 0 Å². The van der Waals surface area contributed by atoms with E-state index in [2.05, 4.69) is 69.1 Å². The summed E-state index contributed by atoms with van der Waals surface area (Å²) in [5.74, 6) is 0. The fourth-order valence-corrected chi connectivity index (χ4v) is 2.71. The predicted molar refractivity (Wildman–Crippen MR) is 80.0 cm³/mol. The van der Waals surface area contributed by atoms with Gasteiger partial charge in [-0.05, 0) is 28.6 Å². The zero-order chi connectivity index (χ0) is 12.1. The Labute approximate surface area is 109 Å². The molecule has 0 unspecified atom stereocenters. The van der Waals surface area contributed by atoms with Crippen LogP contribution in [0.2, 0.25) is 18.1 Å². The van der Waals surface area contributed by atoms with E-state index in [1.54, 1.807) is 0 Å². The first-order chi connectivity index (χ1) is 6.74. The van der Waals surface area contributed by atoms with Gasteiger partial charge >= 0.3 is 0 Å². The molecule has 1 nitrogen and oxygen atoms in total. The molecule has 1 atom stereocenters. The van der Waals surface area contributed by atoms with Crippen LogP contribution in [-0.4, -0.2) is 14.4 Å². The first-order valence-corrected chi connectivity index (χ1v) is 9.45. The molecule has 0 bridgehead atoms. The largest absolute Gasteiger partial charge is 0.410 e. The van der Waals surface area contributed by atoms with E-state index in [9.17, 15) is 0 Å². The Bertz CT molecular complexity index is 228. The molecule has 0 amide bonds. The summed E-state index contributed by atoms with van der Waals surface area (Å²) in [6, 6.07) is 0. The monoisotopic (exact) mass is 338 g/mol. The molecule has 88 valence electrons. The van der Waals surface area contributed by atoms with Crippen molar-refractivity contribution in [3.05, 3.63) is 22.8 Å². The minimum atomic E-state index is -1.64. The number of hydrogen-bond donors (Lipinski definition) is 0. The van der Waals surface area contributed by atoms with Gasteiger partial charge in [-0.1, -0.05) is 55.5 Å². The van der Waals surface area contributed by atoms with Crippen LogP contribution in [0.5, 0.6) is 0 Å². The summed E-state index contributed by atoms with van der Waals surface area (Å²) >= 11 is 2.24. The van der Waals surface area contributed by atoms with Crippen LogP contribution in [-0.2, 0) is 4.43 Å². The summed E-state index contributed by atoms with van der Waals surface area (Å²) in [6.45, 7) is 15.1. The molecule has 0 aliphatic rings. The molecule has 0 spiro atoms. The van der Waals surface area contributed by atoms with Crippen molar-refractivity contribution in [1.82, 2.24) is 0 Å². The highest BCUT2D eigenvalue weighted by Crippen LogP contribution is 2.37. The van der Waals surface area contributed by atoms with Gasteiger partial charge in [-0.15, -0.1) is 6.58 Å². The molecule has 0 aromatic rings. The number of hydrogen-bond acceptors (Lipinski definition) is 1. The van der Waals surface area contributed by atoms with E-state index in [-0.39, 0.29) is 11.1 Å². The summed E-state index contributed by atoms with van der Waals surface area (Å²) in [7, 11) is -1.64. The smallest absolute Gasteiger partial charge is 0.192 e. The van der Waals surface area contributed by atoms with Crippen molar-refractivity contribution in [2.45, 2.75) is 51.4 Å². The molecule has 0 N–H and O–H groups in total. The van der Waals surface area contributed by atoms with Gasteiger partial charge in [-0.2, -0.15) is 0 Å². The van der Waals surface area contributed by atoms with Crippen molar-refractivity contribution in [3.63, 3.8) is 0 Å². The molecule has 0 radical (unpaired) electrons. The molecular formula is C12H23IOSi. The Hall–Kier alpha value is 0.387. The van der Waals surface area contributed by atoms with Crippen molar-refractivity contribution in [2.24, 2.45) is 0 Å². The minimum Gasteiger partial charge on any atom is -0.410 e. The predicted octanol–water partition coefficient (Wildman–Crippen LogP) is 4.90. The summed E-state index contributed by atoms with van der Waals surface area (Å²) in [6.07, 6.45) is 5.13. The second-order valence-corrected chi connectivity index (χ2v) is 10.7. The van der Waals surface area contributed by atoms with Crippen LogP contribution in [0.25, 0.3) is 0 Å². The van der Waals surface area contributed by atoms with Gasteiger partial charge in [0.15, 0.2) is 8.32 Å². The van der Waals surface area contributed by atoms with Gasteiger partial charge in [0.1, 0.15) is 0 Å². The molecule has 3 heteroatoms. The second kappa shape index (κ2) is 6.20. The van der Waals surface area contributed by atoms with E-state index >= 15 is 0 Å². The third-order valence-corrected chi connectivity index (χ3v) is 7.86. The minimum absolute atomic E-state index is 0.195. The van der Waals surface area contributed by atoms with E-state index in [4.69, 9.17) is 4.43 Å². The van der Waals surface area contributed by atoms with E-state index in [0.717, 1.165) is 6.42 Å². The van der Waals surface area contributed by atoms with Crippen LogP contribution < -0.4 is 0 Å². The van der Waals surface area contributed by atoms with E-state index < -0.39 is 8.32 Å². The maximum atomic E-state index is 6.26. The summed E-state index contributed by atoms with van der Waals surface area (Å²) in [5, 5.41) is 0.269. The van der Waals surface area contributed by atoms with Crippen molar-refractivity contribution < 1.29 is 4.43 Å². The fourth-order valence-electron chi connectivity index (χ4n) is 0.967. The molecule has 0 aromatic carbocycles. The zero-order valence-corrected chi connectivity index (χ0v) is 13.7. The topological polar surface area (TPSA) is 9.23 Å². The van der Waals surface area contributed by atoms with Crippen molar-refractivity contribution in [3.8, 4) is 0 Å². The molecule has 0 heterocycles. The highest BCUT2D eigenvalue weighted by atomic mass is 127. The lowest BCUT2D eigenvalue weighted by atomic mass is 10.2. The Morgan fingerprint density at radius 1 is 1.40 bits per heavy atom. The normalized spacial score (nSPS) is 15.6. The Kier molecular flexibility index (Phi) is 6.36. The van der Waals surface area contributed by atoms with Crippen LogP contribution in [0.3, 0.4) is 0 Å². The lowest BCUT2D eigenvalue weighted by Gasteiger charge is -2.38. The number of rotatable bonds is 5. The van der Waals surface area contributed by atoms with Crippen molar-refractivity contribution in [1.29, 1.82) is 0 Å². The second-order valence-electron chi connectivity index (χ2n) is 5.26. The Balaban J connectivity index is 4.58. The van der Waals surface area contributed by atoms with Crippen LogP contribution in [0.4, 0.5) is 0 Å². The highest BCUT2D eigenvalue weighted by Gasteiger charge is 2.38. The lowest BCUT2D eigenvalue weighted by molar-refractivity contribution is 0.228. The van der Waals surface area contributed by atoms with Gasteiger partial charge in [-0.25, -0.2) is 0 Å². The molecule has 15 heavy (non-hydrogen) atoms. The average molecular weight is 338 g/mol. The summed E-state index contributed by atoms with van der Waals surface area (Å²) in [5.41, 5.74) is 0. The summed E-state index contributed by atoms with van der Waals surface area (Å²) in [4.78, 5) is 0. The van der Waals surface area contributed by atoms with Gasteiger partial charge in [0, 0.05) is 0 Å². The standard InChI is InChI=1S/C12H23IOSi/c1-7-8-11(9-10-13)14-15(5,6)12(2,3)4/h7,9-11H,1,8H2,2-6H3/b10-9+/t11-/m1/s1. The van der Waals surface area contributed by atoms with Crippen LogP contribution in [0.15, 0.2) is 22.8 Å². The molecule has 0 saturated carbocycles. The van der Waals surface area contributed by atoms with Gasteiger partial charge in [0.05, 0.1) is 6.10 Å². The fraction of sp³-hybridized carbons (Fsp3) is 0.667. The Morgan fingerprint density at radius 3 is 2.27 bits per heavy atom. The van der Waals surface area contributed by atoms with Gasteiger partial charge in [0.2, 0.25) is 0 Å². The lowest BCUT2D eigenvalue weighted by Crippen LogP contribution is -2.43. The van der Waals surface area contributed by atoms with Crippen LogP contribution in [0.1, 0.15) is 27.2 Å². The maximum Gasteiger partial charge on any atom is 0.192 e. The van der Waals surface area contributed by atoms with Gasteiger partial charge < -0.3 is 4.43 Å². The SMILES string of the molecule is C=CC[C@H](/C=C/I)O[Si](C)(C)C(C)(C)C. The quantitative estimate of drug-likeness (QED) is 0.393. The Morgan fingerprint density at radius 2 is 1.93 bits per heavy atom. The first kappa shape index (κ1) is 15.4. The third-order valence-electron chi connectivity index (χ3n) is 2.94. The zero-order valence-electron chi connectivity index (χ0n) is 10.5. The summed E-state index contributed by atoms with van der Waals surface area (Å²) < 4.78 is 8.29. The van der Waals surface area contributed by atoms with Crippen LogP contribution >= 0.6 is 22.6 Å². The van der Waals surface area contributed by atoms with Crippen molar-refractivity contribution >= 4 is 30.9 Å². The number of halogens is 1. The molecule has 0 rings (SSSR count). The molecule has 0 aromatic heterocycles. The van der Waals surface area contributed by atoms with E-state index in [1.165, 1.54) is 0 Å². The van der Waals surface area contributed by atoms with Gasteiger partial charge in [0.25, 0.3) is 0 Å². The molecule has 0 fully saturated rings. The maximum absolute atomic E-state index is 6.26. The van der Waals surface area contributed by atoms with Crippen LogP contribution in [0, 0.1) is 0 Å². The molecule has 0 saturated heterocycles. The van der Waals surface area contributed by atoms with Gasteiger partial charge in [-0.3, -0.25) is 0 Å². The highest BCUT2D eigenvalue weighted by molar-refractivity contribution is 14.1. The first-order valence-electron chi connectivity index (χ1n) is 5.30. The molecular weight excluding hydrogens is 315 g/mol. The average Bonchev–Trinajstić information content (AvgIpc) is 2.02.